The van der Waals surface area contributed by atoms with Crippen LogP contribution in [-0.2, 0) is 9.59 Å². The van der Waals surface area contributed by atoms with E-state index in [9.17, 15) is 9.59 Å². The van der Waals surface area contributed by atoms with Gasteiger partial charge in [-0.05, 0) is 12.8 Å². The van der Waals surface area contributed by atoms with E-state index in [0.29, 0.717) is 19.4 Å². The number of nitrogens with zero attached hydrogens (tertiary/aromatic N) is 2. The van der Waals surface area contributed by atoms with Gasteiger partial charge in [0, 0.05) is 13.6 Å². The van der Waals surface area contributed by atoms with E-state index >= 15 is 0 Å². The largest absolute Gasteiger partial charge is 0.480 e. The van der Waals surface area contributed by atoms with E-state index in [1.807, 2.05) is 0 Å². The molecule has 11 nitrogen and oxygen atoms in total. The van der Waals surface area contributed by atoms with E-state index in [1.165, 1.54) is 7.05 Å². The number of nitrogens with one attached hydrogen (secondary N) is 1. The Bertz CT molecular complexity index is 382. The van der Waals surface area contributed by atoms with Gasteiger partial charge in [-0.1, -0.05) is 0 Å². The summed E-state index contributed by atoms with van der Waals surface area (Å²) in [5.41, 5.74) is 20.3. The zero-order chi connectivity index (χ0) is 17.0. The average molecular weight is 305 g/mol. The van der Waals surface area contributed by atoms with Crippen LogP contribution in [0.2, 0.25) is 0 Å². The number of rotatable bonds is 7. The Morgan fingerprint density at radius 2 is 1.81 bits per heavy atom. The Kier molecular flexibility index (Phi) is 11.1. The summed E-state index contributed by atoms with van der Waals surface area (Å²) in [6, 6.07) is -0.820. The Morgan fingerprint density at radius 1 is 1.29 bits per heavy atom. The van der Waals surface area contributed by atoms with Crippen molar-refractivity contribution in [3.05, 3.63) is 0 Å². The third-order valence-electron chi connectivity index (χ3n) is 2.07. The molecule has 21 heavy (non-hydrogen) atoms. The molecule has 1 atom stereocenters. The lowest BCUT2D eigenvalue weighted by molar-refractivity contribution is -0.139. The van der Waals surface area contributed by atoms with Crippen molar-refractivity contribution in [2.24, 2.45) is 27.9 Å². The first-order valence-corrected chi connectivity index (χ1v) is 5.88. The van der Waals surface area contributed by atoms with Crippen LogP contribution >= 0.6 is 0 Å². The van der Waals surface area contributed by atoms with Gasteiger partial charge in [0.25, 0.3) is 0 Å². The highest BCUT2D eigenvalue weighted by atomic mass is 16.4. The van der Waals surface area contributed by atoms with Crippen molar-refractivity contribution in [1.82, 2.24) is 4.90 Å². The molecule has 0 heterocycles. The van der Waals surface area contributed by atoms with Crippen LogP contribution in [0.5, 0.6) is 0 Å². The van der Waals surface area contributed by atoms with Crippen LogP contribution in [0.15, 0.2) is 4.99 Å². The molecule has 0 radical (unpaired) electrons. The molecule has 0 aliphatic heterocycles. The third-order valence-corrected chi connectivity index (χ3v) is 2.07. The van der Waals surface area contributed by atoms with Crippen molar-refractivity contribution < 1.29 is 19.8 Å². The predicted molar refractivity (Wildman–Crippen MR) is 77.7 cm³/mol. The molecule has 0 bridgehead atoms. The topological polar surface area (TPSA) is 218 Å². The van der Waals surface area contributed by atoms with E-state index in [2.05, 4.69) is 4.99 Å². The van der Waals surface area contributed by atoms with Crippen LogP contribution in [0.4, 0.5) is 0 Å². The van der Waals surface area contributed by atoms with Crippen LogP contribution < -0.4 is 22.9 Å². The van der Waals surface area contributed by atoms with Gasteiger partial charge in [-0.2, -0.15) is 0 Å². The number of carbonyl (C=O) groups is 2. The molecule has 0 saturated carbocycles. The van der Waals surface area contributed by atoms with E-state index < -0.39 is 18.0 Å². The molecule has 0 aromatic heterocycles. The summed E-state index contributed by atoms with van der Waals surface area (Å²) in [6.07, 6.45) is 0.956. The molecule has 11 heteroatoms. The number of hydrogen-bond donors (Lipinski definition) is 7. The number of carboxylic acids is 2. The van der Waals surface area contributed by atoms with Crippen LogP contribution in [0.3, 0.4) is 0 Å². The SMILES string of the molecule is CN(CC(=O)O)C(=N)N.NC(N)=NCCC[C@H](N)C(=O)O. The first-order valence-electron chi connectivity index (χ1n) is 5.88. The Labute approximate surface area is 122 Å². The molecule has 122 valence electrons. The molecule has 0 aliphatic carbocycles. The highest BCUT2D eigenvalue weighted by Gasteiger charge is 2.09. The molecule has 0 fully saturated rings. The molecular formula is C10H23N7O4. The van der Waals surface area contributed by atoms with Gasteiger partial charge < -0.3 is 38.0 Å². The molecule has 0 unspecified atom stereocenters. The summed E-state index contributed by atoms with van der Waals surface area (Å²) in [5, 5.41) is 23.3. The molecule has 0 aromatic rings. The summed E-state index contributed by atoms with van der Waals surface area (Å²) in [4.78, 5) is 24.9. The molecule has 0 rings (SSSR count). The van der Waals surface area contributed by atoms with Gasteiger partial charge in [-0.15, -0.1) is 0 Å². The summed E-state index contributed by atoms with van der Waals surface area (Å²) >= 11 is 0. The molecular weight excluding hydrogens is 282 g/mol. The lowest BCUT2D eigenvalue weighted by Gasteiger charge is -2.12. The second-order valence-corrected chi connectivity index (χ2v) is 4.03. The van der Waals surface area contributed by atoms with Crippen molar-refractivity contribution in [3.8, 4) is 0 Å². The van der Waals surface area contributed by atoms with Crippen LogP contribution in [0.25, 0.3) is 0 Å². The Balaban J connectivity index is 0. The number of aliphatic imine (C=N–C) groups is 1. The maximum atomic E-state index is 10.2. The van der Waals surface area contributed by atoms with Gasteiger partial charge in [0.05, 0.1) is 0 Å². The van der Waals surface area contributed by atoms with E-state index in [4.69, 9.17) is 38.6 Å². The maximum absolute atomic E-state index is 10.2. The van der Waals surface area contributed by atoms with E-state index in [1.54, 1.807) is 0 Å². The normalized spacial score (nSPS) is 10.6. The molecule has 0 aromatic carbocycles. The zero-order valence-electron chi connectivity index (χ0n) is 11.8. The van der Waals surface area contributed by atoms with Crippen LogP contribution in [0.1, 0.15) is 12.8 Å². The summed E-state index contributed by atoms with van der Waals surface area (Å²) < 4.78 is 0. The number of aliphatic carboxylic acids is 2. The Morgan fingerprint density at radius 3 is 2.10 bits per heavy atom. The van der Waals surface area contributed by atoms with Crippen molar-refractivity contribution >= 4 is 23.9 Å². The number of nitrogens with two attached hydrogens (primary N) is 4. The fourth-order valence-corrected chi connectivity index (χ4v) is 0.931. The van der Waals surface area contributed by atoms with E-state index in [-0.39, 0.29) is 18.5 Å². The quantitative estimate of drug-likeness (QED) is 0.148. The van der Waals surface area contributed by atoms with Gasteiger partial charge in [-0.25, -0.2) is 0 Å². The minimum atomic E-state index is -1.00. The molecule has 0 amide bonds. The zero-order valence-corrected chi connectivity index (χ0v) is 11.8. The number of guanidine groups is 2. The van der Waals surface area contributed by atoms with Gasteiger partial charge in [0.2, 0.25) is 0 Å². The lowest BCUT2D eigenvalue weighted by atomic mass is 10.2. The minimum Gasteiger partial charge on any atom is -0.480 e. The monoisotopic (exact) mass is 305 g/mol. The molecule has 11 N–H and O–H groups in total. The van der Waals surface area contributed by atoms with Gasteiger partial charge in [-0.3, -0.25) is 20.0 Å². The van der Waals surface area contributed by atoms with Gasteiger partial charge in [0.1, 0.15) is 12.6 Å². The third kappa shape index (κ3) is 15.4. The lowest BCUT2D eigenvalue weighted by Crippen LogP contribution is -2.36. The van der Waals surface area contributed by atoms with Crippen molar-refractivity contribution in [2.45, 2.75) is 18.9 Å². The van der Waals surface area contributed by atoms with Crippen molar-refractivity contribution in [3.63, 3.8) is 0 Å². The molecule has 0 spiro atoms. The number of hydrogen-bond acceptors (Lipinski definition) is 5. The van der Waals surface area contributed by atoms with Crippen LogP contribution in [0, 0.1) is 5.41 Å². The maximum Gasteiger partial charge on any atom is 0.323 e. The molecule has 0 saturated heterocycles. The number of carboxylic acid groups (broad SMARTS) is 2. The highest BCUT2D eigenvalue weighted by molar-refractivity contribution is 5.80. The van der Waals surface area contributed by atoms with Crippen molar-refractivity contribution in [2.75, 3.05) is 20.1 Å². The first kappa shape index (κ1) is 20.8. The minimum absolute atomic E-state index is 0.0129. The fourth-order valence-electron chi connectivity index (χ4n) is 0.931. The smallest absolute Gasteiger partial charge is 0.323 e. The van der Waals surface area contributed by atoms with Gasteiger partial charge in [0.15, 0.2) is 11.9 Å². The summed E-state index contributed by atoms with van der Waals surface area (Å²) in [6.45, 7) is 0.193. The summed E-state index contributed by atoms with van der Waals surface area (Å²) in [5.74, 6) is -2.22. The van der Waals surface area contributed by atoms with Gasteiger partial charge >= 0.3 is 11.9 Å². The highest BCUT2D eigenvalue weighted by Crippen LogP contribution is 1.94. The second-order valence-electron chi connectivity index (χ2n) is 4.03. The first-order chi connectivity index (χ1) is 9.57. The summed E-state index contributed by atoms with van der Waals surface area (Å²) in [7, 11) is 1.44. The van der Waals surface area contributed by atoms with Crippen molar-refractivity contribution in [1.29, 1.82) is 5.41 Å². The molecule has 0 aliphatic rings. The fraction of sp³-hybridized carbons (Fsp3) is 0.600. The van der Waals surface area contributed by atoms with Crippen LogP contribution in [-0.4, -0.2) is 65.1 Å². The van der Waals surface area contributed by atoms with E-state index in [0.717, 1.165) is 4.90 Å². The Hall–Kier alpha value is -2.56. The average Bonchev–Trinajstić information content (AvgIpc) is 2.33. The predicted octanol–water partition coefficient (Wildman–Crippen LogP) is -2.65. The standard InChI is InChI=1S/C6H14N4O2.C4H9N3O2/c7-4(5(11)12)2-1-3-10-6(8)9;1-7(4(5)6)2-3(8)9/h4H,1-3,7H2,(H,11,12)(H4,8,9,10);2H2,1H3,(H3,5,6)(H,8,9)/t4-;/m0./s1. The number of likely N-dealkylation sites (N-methyl/N-ethyl adjacent to an activating group) is 1. The second kappa shape index (κ2) is 11.3.